The van der Waals surface area contributed by atoms with Gasteiger partial charge in [-0.2, -0.15) is 0 Å². The first kappa shape index (κ1) is 24.2. The minimum Gasteiger partial charge on any atom is -0.357 e. The van der Waals surface area contributed by atoms with E-state index >= 15 is 0 Å². The van der Waals surface area contributed by atoms with Crippen molar-refractivity contribution in [3.05, 3.63) is 35.9 Å². The summed E-state index contributed by atoms with van der Waals surface area (Å²) in [6.45, 7) is 11.0. The zero-order valence-corrected chi connectivity index (χ0v) is 19.0. The van der Waals surface area contributed by atoms with Gasteiger partial charge < -0.3 is 10.6 Å². The third kappa shape index (κ3) is 8.40. The van der Waals surface area contributed by atoms with Gasteiger partial charge in [0.25, 0.3) is 0 Å². The average Bonchev–Trinajstić information content (AvgIpc) is 2.52. The van der Waals surface area contributed by atoms with Crippen LogP contribution in [0.25, 0.3) is 0 Å². The van der Waals surface area contributed by atoms with Crippen molar-refractivity contribution in [1.29, 1.82) is 0 Å². The van der Waals surface area contributed by atoms with E-state index < -0.39 is 14.6 Å². The van der Waals surface area contributed by atoms with E-state index in [1.807, 2.05) is 25.1 Å². The SMILES string of the molecule is CCNC(=NCC(C)c1ccccc1)NCCS(=O)(=O)C(C)(C)C.I. The van der Waals surface area contributed by atoms with Crippen LogP contribution in [0.5, 0.6) is 0 Å². The molecule has 7 heteroatoms. The summed E-state index contributed by atoms with van der Waals surface area (Å²) in [7, 11) is -3.13. The highest BCUT2D eigenvalue weighted by molar-refractivity contribution is 14.0. The van der Waals surface area contributed by atoms with Gasteiger partial charge in [-0.15, -0.1) is 24.0 Å². The molecule has 0 radical (unpaired) electrons. The van der Waals surface area contributed by atoms with E-state index in [0.29, 0.717) is 25.0 Å². The Balaban J connectivity index is 0.00000576. The molecule has 0 aliphatic rings. The zero-order chi connectivity index (χ0) is 18.2. The molecule has 2 N–H and O–H groups in total. The lowest BCUT2D eigenvalue weighted by Gasteiger charge is -2.20. The summed E-state index contributed by atoms with van der Waals surface area (Å²) in [5.74, 6) is 1.05. The number of hydrogen-bond donors (Lipinski definition) is 2. The van der Waals surface area contributed by atoms with E-state index in [1.165, 1.54) is 5.56 Å². The van der Waals surface area contributed by atoms with Crippen molar-refractivity contribution >= 4 is 39.8 Å². The maximum atomic E-state index is 12.1. The molecule has 0 aliphatic heterocycles. The number of guanidine groups is 1. The molecule has 25 heavy (non-hydrogen) atoms. The summed E-state index contributed by atoms with van der Waals surface area (Å²) in [5, 5.41) is 6.27. The summed E-state index contributed by atoms with van der Waals surface area (Å²) in [5.41, 5.74) is 1.24. The minimum atomic E-state index is -3.13. The Morgan fingerprint density at radius 1 is 1.16 bits per heavy atom. The van der Waals surface area contributed by atoms with Gasteiger partial charge in [-0.05, 0) is 33.3 Å². The van der Waals surface area contributed by atoms with Gasteiger partial charge in [-0.1, -0.05) is 37.3 Å². The molecular formula is C18H32IN3O2S. The first-order valence-electron chi connectivity index (χ1n) is 8.47. The average molecular weight is 481 g/mol. The largest absolute Gasteiger partial charge is 0.357 e. The molecule has 1 atom stereocenters. The van der Waals surface area contributed by atoms with Gasteiger partial charge >= 0.3 is 0 Å². The zero-order valence-electron chi connectivity index (χ0n) is 15.9. The molecule has 0 saturated carbocycles. The monoisotopic (exact) mass is 481 g/mol. The highest BCUT2D eigenvalue weighted by atomic mass is 127. The molecule has 0 heterocycles. The van der Waals surface area contributed by atoms with Crippen LogP contribution in [-0.2, 0) is 9.84 Å². The maximum Gasteiger partial charge on any atom is 0.191 e. The van der Waals surface area contributed by atoms with Crippen LogP contribution in [0.2, 0.25) is 0 Å². The molecule has 0 saturated heterocycles. The molecule has 5 nitrogen and oxygen atoms in total. The highest BCUT2D eigenvalue weighted by Crippen LogP contribution is 2.15. The van der Waals surface area contributed by atoms with E-state index in [-0.39, 0.29) is 29.7 Å². The fourth-order valence-corrected chi connectivity index (χ4v) is 3.05. The van der Waals surface area contributed by atoms with Crippen LogP contribution in [0.4, 0.5) is 0 Å². The third-order valence-corrected chi connectivity index (χ3v) is 6.44. The van der Waals surface area contributed by atoms with Crippen LogP contribution in [0, 0.1) is 0 Å². The number of benzene rings is 1. The molecule has 0 fully saturated rings. The number of nitrogens with zero attached hydrogens (tertiary/aromatic N) is 1. The molecule has 0 spiro atoms. The van der Waals surface area contributed by atoms with Gasteiger partial charge in [0.15, 0.2) is 15.8 Å². The van der Waals surface area contributed by atoms with Gasteiger partial charge in [-0.3, -0.25) is 4.99 Å². The van der Waals surface area contributed by atoms with Crippen molar-refractivity contribution < 1.29 is 8.42 Å². The first-order chi connectivity index (χ1) is 11.2. The highest BCUT2D eigenvalue weighted by Gasteiger charge is 2.28. The van der Waals surface area contributed by atoms with Crippen LogP contribution in [0.3, 0.4) is 0 Å². The topological polar surface area (TPSA) is 70.6 Å². The van der Waals surface area contributed by atoms with Crippen molar-refractivity contribution in [3.63, 3.8) is 0 Å². The number of hydrogen-bond acceptors (Lipinski definition) is 3. The molecule has 0 amide bonds. The number of halogens is 1. The molecule has 1 rings (SSSR count). The van der Waals surface area contributed by atoms with Crippen LogP contribution in [0.1, 0.15) is 46.1 Å². The lowest BCUT2D eigenvalue weighted by molar-refractivity contribution is 0.559. The molecular weight excluding hydrogens is 449 g/mol. The summed E-state index contributed by atoms with van der Waals surface area (Å²) in [6.07, 6.45) is 0. The van der Waals surface area contributed by atoms with Crippen molar-refractivity contribution in [2.24, 2.45) is 4.99 Å². The van der Waals surface area contributed by atoms with Crippen molar-refractivity contribution in [2.45, 2.75) is 45.3 Å². The van der Waals surface area contributed by atoms with Crippen LogP contribution >= 0.6 is 24.0 Å². The van der Waals surface area contributed by atoms with Crippen LogP contribution < -0.4 is 10.6 Å². The second kappa shape index (κ2) is 11.0. The normalized spacial score (nSPS) is 13.7. The summed E-state index contributed by atoms with van der Waals surface area (Å²) >= 11 is 0. The molecule has 0 aliphatic carbocycles. The van der Waals surface area contributed by atoms with Gasteiger partial charge in [-0.25, -0.2) is 8.42 Å². The van der Waals surface area contributed by atoms with Crippen molar-refractivity contribution in [2.75, 3.05) is 25.4 Å². The van der Waals surface area contributed by atoms with Crippen LogP contribution in [0.15, 0.2) is 35.3 Å². The lowest BCUT2D eigenvalue weighted by Crippen LogP contribution is -2.42. The quantitative estimate of drug-likeness (QED) is 0.357. The fourth-order valence-electron chi connectivity index (χ4n) is 2.07. The molecule has 0 bridgehead atoms. The lowest BCUT2D eigenvalue weighted by atomic mass is 10.0. The Bertz CT molecular complexity index is 625. The second-order valence-corrected chi connectivity index (χ2v) is 9.75. The Morgan fingerprint density at radius 2 is 1.76 bits per heavy atom. The Kier molecular flexibility index (Phi) is 10.6. The van der Waals surface area contributed by atoms with Crippen molar-refractivity contribution in [1.82, 2.24) is 10.6 Å². The van der Waals surface area contributed by atoms with Gasteiger partial charge in [0.2, 0.25) is 0 Å². The predicted octanol–water partition coefficient (Wildman–Crippen LogP) is 3.18. The van der Waals surface area contributed by atoms with Gasteiger partial charge in [0.05, 0.1) is 10.5 Å². The molecule has 0 aromatic heterocycles. The Hall–Kier alpha value is -0.830. The number of nitrogens with one attached hydrogen (secondary N) is 2. The standard InChI is InChI=1S/C18H31N3O2S.HI/c1-6-19-17(20-12-13-24(22,23)18(3,4)5)21-14-15(2)16-10-8-7-9-11-16;/h7-11,15H,6,12-14H2,1-5H3,(H2,19,20,21);1H. The van der Waals surface area contributed by atoms with E-state index in [2.05, 4.69) is 34.7 Å². The van der Waals surface area contributed by atoms with E-state index in [0.717, 1.165) is 6.54 Å². The number of rotatable bonds is 7. The predicted molar refractivity (Wildman–Crippen MR) is 118 cm³/mol. The van der Waals surface area contributed by atoms with Gasteiger partial charge in [0.1, 0.15) is 0 Å². The Labute approximate surface area is 170 Å². The summed E-state index contributed by atoms with van der Waals surface area (Å²) in [6, 6.07) is 10.2. The third-order valence-electron chi connectivity index (χ3n) is 3.83. The minimum absolute atomic E-state index is 0. The van der Waals surface area contributed by atoms with E-state index in [9.17, 15) is 8.42 Å². The number of sulfone groups is 1. The van der Waals surface area contributed by atoms with Gasteiger partial charge in [0, 0.05) is 25.6 Å². The molecule has 1 aromatic rings. The van der Waals surface area contributed by atoms with E-state index in [4.69, 9.17) is 0 Å². The first-order valence-corrected chi connectivity index (χ1v) is 10.1. The molecule has 1 unspecified atom stereocenters. The van der Waals surface area contributed by atoms with E-state index in [1.54, 1.807) is 20.8 Å². The Morgan fingerprint density at radius 3 is 2.28 bits per heavy atom. The summed E-state index contributed by atoms with van der Waals surface area (Å²) < 4.78 is 23.6. The van der Waals surface area contributed by atoms with Crippen molar-refractivity contribution in [3.8, 4) is 0 Å². The molecule has 144 valence electrons. The molecule has 1 aromatic carbocycles. The van der Waals surface area contributed by atoms with Crippen LogP contribution in [-0.4, -0.2) is 44.5 Å². The second-order valence-electron chi connectivity index (χ2n) is 6.89. The fraction of sp³-hybridized carbons (Fsp3) is 0.611. The smallest absolute Gasteiger partial charge is 0.191 e. The number of aliphatic imine (C=N–C) groups is 1. The maximum absolute atomic E-state index is 12.1. The summed E-state index contributed by atoms with van der Waals surface area (Å²) in [4.78, 5) is 4.57.